The van der Waals surface area contributed by atoms with Gasteiger partial charge in [0, 0.05) is 35.4 Å². The van der Waals surface area contributed by atoms with Crippen molar-refractivity contribution in [1.82, 2.24) is 4.72 Å². The molecule has 0 aliphatic rings. The van der Waals surface area contributed by atoms with Crippen molar-refractivity contribution in [2.75, 3.05) is 18.1 Å². The van der Waals surface area contributed by atoms with Gasteiger partial charge in [-0.1, -0.05) is 19.1 Å². The summed E-state index contributed by atoms with van der Waals surface area (Å²) in [5.41, 5.74) is 6.31. The maximum atomic E-state index is 11.9. The third-order valence-corrected chi connectivity index (χ3v) is 5.19. The molecule has 0 bridgehead atoms. The molecular formula is C11H18N2O3S2. The first-order valence-electron chi connectivity index (χ1n) is 5.63. The molecule has 0 radical (unpaired) electrons. The van der Waals surface area contributed by atoms with Crippen molar-refractivity contribution < 1.29 is 12.6 Å². The Hall–Kier alpha value is -0.760. The minimum absolute atomic E-state index is 0.182. The zero-order valence-corrected chi connectivity index (χ0v) is 11.9. The molecule has 0 spiro atoms. The maximum Gasteiger partial charge on any atom is 0.240 e. The third-order valence-electron chi connectivity index (χ3n) is 2.41. The normalized spacial score (nSPS) is 13.4. The molecular weight excluding hydrogens is 272 g/mol. The second-order valence-corrected chi connectivity index (χ2v) is 7.31. The lowest BCUT2D eigenvalue weighted by Gasteiger charge is -2.06. The molecule has 1 aromatic carbocycles. The molecule has 0 fully saturated rings. The van der Waals surface area contributed by atoms with Crippen LogP contribution < -0.4 is 10.5 Å². The molecule has 0 aromatic heterocycles. The molecule has 1 atom stereocenters. The summed E-state index contributed by atoms with van der Waals surface area (Å²) in [6, 6.07) is 6.39. The highest BCUT2D eigenvalue weighted by Crippen LogP contribution is 2.09. The van der Waals surface area contributed by atoms with Gasteiger partial charge in [0.05, 0.1) is 4.90 Å². The van der Waals surface area contributed by atoms with Crippen molar-refractivity contribution in [1.29, 1.82) is 0 Å². The van der Waals surface area contributed by atoms with E-state index >= 15 is 0 Å². The Kier molecular flexibility index (Phi) is 5.94. The Bertz CT molecular complexity index is 498. The lowest BCUT2D eigenvalue weighted by atomic mass is 10.2. The standard InChI is InChI=1S/C11H18N2O3S2/c1-2-17(14)8-7-13-18(15,16)11-5-3-10(9-12)4-6-11/h3-6,13H,2,7-9,12H2,1H3. The molecule has 0 saturated carbocycles. The van der Waals surface area contributed by atoms with Crippen molar-refractivity contribution in [2.45, 2.75) is 18.4 Å². The predicted octanol–water partition coefficient (Wildman–Crippen LogP) is 0.192. The molecule has 1 rings (SSSR count). The summed E-state index contributed by atoms with van der Waals surface area (Å²) in [7, 11) is -4.48. The van der Waals surface area contributed by atoms with Gasteiger partial charge in [0.25, 0.3) is 0 Å². The van der Waals surface area contributed by atoms with Gasteiger partial charge in [-0.25, -0.2) is 13.1 Å². The average Bonchev–Trinajstić information content (AvgIpc) is 2.38. The van der Waals surface area contributed by atoms with E-state index in [0.29, 0.717) is 18.1 Å². The molecule has 18 heavy (non-hydrogen) atoms. The zero-order chi connectivity index (χ0) is 13.6. The summed E-state index contributed by atoms with van der Waals surface area (Å²) in [5.74, 6) is 0.865. The van der Waals surface area contributed by atoms with Crippen LogP contribution in [0.1, 0.15) is 12.5 Å². The van der Waals surface area contributed by atoms with Crippen molar-refractivity contribution in [3.8, 4) is 0 Å². The molecule has 0 heterocycles. The lowest BCUT2D eigenvalue weighted by Crippen LogP contribution is -2.28. The Balaban J connectivity index is 2.65. The maximum absolute atomic E-state index is 11.9. The van der Waals surface area contributed by atoms with Gasteiger partial charge in [0.2, 0.25) is 10.0 Å². The summed E-state index contributed by atoms with van der Waals surface area (Å²) in [5, 5.41) is 0. The quantitative estimate of drug-likeness (QED) is 0.750. The monoisotopic (exact) mass is 290 g/mol. The molecule has 0 saturated heterocycles. The first kappa shape index (κ1) is 15.3. The van der Waals surface area contributed by atoms with E-state index in [1.807, 2.05) is 0 Å². The summed E-state index contributed by atoms with van der Waals surface area (Å²) in [6.07, 6.45) is 0. The Morgan fingerprint density at radius 1 is 1.28 bits per heavy atom. The fourth-order valence-electron chi connectivity index (χ4n) is 1.32. The summed E-state index contributed by atoms with van der Waals surface area (Å²) in [4.78, 5) is 0.196. The van der Waals surface area contributed by atoms with Crippen LogP contribution in [0.5, 0.6) is 0 Å². The number of benzene rings is 1. The van der Waals surface area contributed by atoms with Crippen LogP contribution in [-0.4, -0.2) is 30.7 Å². The largest absolute Gasteiger partial charge is 0.326 e. The molecule has 7 heteroatoms. The Morgan fingerprint density at radius 3 is 2.39 bits per heavy atom. The smallest absolute Gasteiger partial charge is 0.240 e. The molecule has 1 unspecified atom stereocenters. The molecule has 0 amide bonds. The highest BCUT2D eigenvalue weighted by molar-refractivity contribution is 7.89. The van der Waals surface area contributed by atoms with Gasteiger partial charge in [-0.2, -0.15) is 0 Å². The van der Waals surface area contributed by atoms with Gasteiger partial charge in [0.15, 0.2) is 0 Å². The van der Waals surface area contributed by atoms with E-state index < -0.39 is 20.8 Å². The van der Waals surface area contributed by atoms with Crippen molar-refractivity contribution in [2.24, 2.45) is 5.73 Å². The number of hydrogen-bond acceptors (Lipinski definition) is 4. The molecule has 3 N–H and O–H groups in total. The molecule has 0 aliphatic heterocycles. The molecule has 102 valence electrons. The average molecular weight is 290 g/mol. The van der Waals surface area contributed by atoms with E-state index in [2.05, 4.69) is 4.72 Å². The number of rotatable bonds is 7. The first-order chi connectivity index (χ1) is 8.49. The summed E-state index contributed by atoms with van der Waals surface area (Å²) >= 11 is 0. The predicted molar refractivity (Wildman–Crippen MR) is 73.1 cm³/mol. The van der Waals surface area contributed by atoms with E-state index in [9.17, 15) is 12.6 Å². The Morgan fingerprint density at radius 2 is 1.89 bits per heavy atom. The van der Waals surface area contributed by atoms with Crippen LogP contribution in [-0.2, 0) is 27.4 Å². The second kappa shape index (κ2) is 6.98. The summed E-state index contributed by atoms with van der Waals surface area (Å²) < 4.78 is 37.3. The SMILES string of the molecule is CCS(=O)CCNS(=O)(=O)c1ccc(CN)cc1. The van der Waals surface area contributed by atoms with Gasteiger partial charge in [0.1, 0.15) is 0 Å². The second-order valence-electron chi connectivity index (χ2n) is 3.68. The first-order valence-corrected chi connectivity index (χ1v) is 8.60. The summed E-state index contributed by atoms with van der Waals surface area (Å²) in [6.45, 7) is 2.36. The van der Waals surface area contributed by atoms with Crippen LogP contribution in [0, 0.1) is 0 Å². The van der Waals surface area contributed by atoms with Gasteiger partial charge in [-0.3, -0.25) is 4.21 Å². The van der Waals surface area contributed by atoms with E-state index in [-0.39, 0.29) is 11.4 Å². The van der Waals surface area contributed by atoms with Gasteiger partial charge in [-0.15, -0.1) is 0 Å². The van der Waals surface area contributed by atoms with Crippen molar-refractivity contribution in [3.05, 3.63) is 29.8 Å². The van der Waals surface area contributed by atoms with Crippen LogP contribution in [0.4, 0.5) is 0 Å². The fraction of sp³-hybridized carbons (Fsp3) is 0.455. The molecule has 1 aromatic rings. The lowest BCUT2D eigenvalue weighted by molar-refractivity contribution is 0.584. The van der Waals surface area contributed by atoms with Crippen LogP contribution in [0.15, 0.2) is 29.2 Å². The third kappa shape index (κ3) is 4.49. The molecule has 5 nitrogen and oxygen atoms in total. The van der Waals surface area contributed by atoms with E-state index in [1.165, 1.54) is 12.1 Å². The Labute approximate surface area is 110 Å². The number of nitrogens with one attached hydrogen (secondary N) is 1. The number of hydrogen-bond donors (Lipinski definition) is 2. The van der Waals surface area contributed by atoms with Crippen molar-refractivity contribution >= 4 is 20.8 Å². The van der Waals surface area contributed by atoms with Gasteiger partial charge >= 0.3 is 0 Å². The van der Waals surface area contributed by atoms with Crippen LogP contribution >= 0.6 is 0 Å². The highest BCUT2D eigenvalue weighted by atomic mass is 32.2. The number of sulfonamides is 1. The van der Waals surface area contributed by atoms with Gasteiger partial charge < -0.3 is 5.73 Å². The minimum Gasteiger partial charge on any atom is -0.326 e. The minimum atomic E-state index is -3.51. The van der Waals surface area contributed by atoms with E-state index in [1.54, 1.807) is 19.1 Å². The van der Waals surface area contributed by atoms with E-state index in [0.717, 1.165) is 5.56 Å². The van der Waals surface area contributed by atoms with Crippen molar-refractivity contribution in [3.63, 3.8) is 0 Å². The number of nitrogens with two attached hydrogens (primary N) is 1. The van der Waals surface area contributed by atoms with Gasteiger partial charge in [-0.05, 0) is 17.7 Å². The van der Waals surface area contributed by atoms with Crippen LogP contribution in [0.2, 0.25) is 0 Å². The fourth-order valence-corrected chi connectivity index (χ4v) is 3.10. The van der Waals surface area contributed by atoms with Crippen LogP contribution in [0.25, 0.3) is 0 Å². The van der Waals surface area contributed by atoms with Crippen LogP contribution in [0.3, 0.4) is 0 Å². The zero-order valence-electron chi connectivity index (χ0n) is 10.3. The topological polar surface area (TPSA) is 89.3 Å². The highest BCUT2D eigenvalue weighted by Gasteiger charge is 2.13. The molecule has 0 aliphatic carbocycles. The van der Waals surface area contributed by atoms with E-state index in [4.69, 9.17) is 5.73 Å².